The number of para-hydroxylation sites is 1. The van der Waals surface area contributed by atoms with Crippen LogP contribution in [0.1, 0.15) is 43.7 Å². The number of hydrogen-bond acceptors (Lipinski definition) is 2. The van der Waals surface area contributed by atoms with E-state index in [1.165, 1.54) is 50.0 Å². The van der Waals surface area contributed by atoms with Gasteiger partial charge >= 0.3 is 0 Å². The quantitative estimate of drug-likeness (QED) is 0.513. The van der Waals surface area contributed by atoms with E-state index in [4.69, 9.17) is 4.74 Å². The van der Waals surface area contributed by atoms with Crippen molar-refractivity contribution in [2.45, 2.75) is 46.0 Å². The number of likely N-dealkylation sites (tertiary alicyclic amines) is 1. The average Bonchev–Trinajstić information content (AvgIpc) is 2.50. The molecule has 2 heteroatoms. The third kappa shape index (κ3) is 5.17. The Hall–Kier alpha value is -1.28. The van der Waals surface area contributed by atoms with E-state index in [0.717, 1.165) is 31.1 Å². The molecule has 0 amide bonds. The van der Waals surface area contributed by atoms with Crippen LogP contribution in [0.2, 0.25) is 0 Å². The first-order valence-corrected chi connectivity index (χ1v) is 8.75. The number of hydrogen-bond donors (Lipinski definition) is 0. The number of nitrogens with zero attached hydrogens (tertiary/aromatic N) is 1. The van der Waals surface area contributed by atoms with Gasteiger partial charge in [-0.3, -0.25) is 0 Å². The van der Waals surface area contributed by atoms with Crippen LogP contribution in [0.5, 0.6) is 5.75 Å². The molecule has 1 fully saturated rings. The second-order valence-electron chi connectivity index (χ2n) is 6.66. The van der Waals surface area contributed by atoms with Gasteiger partial charge in [-0.2, -0.15) is 0 Å². The molecule has 2 nitrogen and oxygen atoms in total. The normalized spacial score (nSPS) is 19.1. The first-order valence-electron chi connectivity index (χ1n) is 8.75. The second-order valence-corrected chi connectivity index (χ2v) is 6.66. The van der Waals surface area contributed by atoms with E-state index in [9.17, 15) is 0 Å². The Labute approximate surface area is 136 Å². The van der Waals surface area contributed by atoms with Gasteiger partial charge in [0.2, 0.25) is 0 Å². The average molecular weight is 301 g/mol. The second kappa shape index (κ2) is 8.99. The van der Waals surface area contributed by atoms with Crippen LogP contribution in [0.3, 0.4) is 0 Å². The van der Waals surface area contributed by atoms with E-state index >= 15 is 0 Å². The largest absolute Gasteiger partial charge is 0.493 e. The molecule has 0 radical (unpaired) electrons. The summed E-state index contributed by atoms with van der Waals surface area (Å²) < 4.78 is 6.06. The number of benzene rings is 1. The fraction of sp³-hybridized carbons (Fsp3) is 0.600. The monoisotopic (exact) mass is 301 g/mol. The first-order chi connectivity index (χ1) is 10.7. The molecule has 22 heavy (non-hydrogen) atoms. The van der Waals surface area contributed by atoms with Gasteiger partial charge in [0, 0.05) is 6.54 Å². The van der Waals surface area contributed by atoms with Crippen molar-refractivity contribution >= 4 is 0 Å². The van der Waals surface area contributed by atoms with Crippen LogP contribution in [0.4, 0.5) is 0 Å². The number of rotatable bonds is 8. The summed E-state index contributed by atoms with van der Waals surface area (Å²) in [6.45, 7) is 12.9. The topological polar surface area (TPSA) is 12.5 Å². The Balaban J connectivity index is 1.71. The molecule has 0 aromatic heterocycles. The molecule has 0 spiro atoms. The van der Waals surface area contributed by atoms with Gasteiger partial charge in [-0.25, -0.2) is 0 Å². The molecule has 0 unspecified atom stereocenters. The van der Waals surface area contributed by atoms with Gasteiger partial charge in [0.25, 0.3) is 0 Å². The van der Waals surface area contributed by atoms with Crippen LogP contribution in [0.25, 0.3) is 0 Å². The van der Waals surface area contributed by atoms with Crippen LogP contribution in [0.15, 0.2) is 30.9 Å². The molecule has 1 atom stereocenters. The maximum absolute atomic E-state index is 6.06. The van der Waals surface area contributed by atoms with E-state index in [2.05, 4.69) is 43.5 Å². The van der Waals surface area contributed by atoms with Crippen LogP contribution in [-0.4, -0.2) is 31.1 Å². The molecule has 122 valence electrons. The van der Waals surface area contributed by atoms with Gasteiger partial charge in [-0.1, -0.05) is 31.2 Å². The molecule has 1 aliphatic heterocycles. The van der Waals surface area contributed by atoms with Gasteiger partial charge < -0.3 is 9.64 Å². The molecule has 2 rings (SSSR count). The molecule has 1 aromatic rings. The lowest BCUT2D eigenvalue weighted by Crippen LogP contribution is -2.35. The molecule has 0 saturated carbocycles. The van der Waals surface area contributed by atoms with Gasteiger partial charge in [0.1, 0.15) is 5.75 Å². The summed E-state index contributed by atoms with van der Waals surface area (Å²) >= 11 is 0. The zero-order valence-electron chi connectivity index (χ0n) is 14.3. The molecule has 0 N–H and O–H groups in total. The Morgan fingerprint density at radius 3 is 3.00 bits per heavy atom. The highest BCUT2D eigenvalue weighted by molar-refractivity contribution is 5.41. The Bertz CT molecular complexity index is 469. The summed E-state index contributed by atoms with van der Waals surface area (Å²) in [4.78, 5) is 2.62. The Kier molecular flexibility index (Phi) is 6.98. The van der Waals surface area contributed by atoms with Gasteiger partial charge in [-0.05, 0) is 69.2 Å². The lowest BCUT2D eigenvalue weighted by Gasteiger charge is -2.30. The summed E-state index contributed by atoms with van der Waals surface area (Å²) in [5.74, 6) is 1.94. The number of ether oxygens (including phenoxy) is 1. The molecular weight excluding hydrogens is 270 g/mol. The Morgan fingerprint density at radius 2 is 2.23 bits per heavy atom. The zero-order chi connectivity index (χ0) is 15.8. The predicted octanol–water partition coefficient (Wildman–Crippen LogP) is 4.61. The number of unbranched alkanes of at least 4 members (excludes halogenated alkanes) is 1. The van der Waals surface area contributed by atoms with Gasteiger partial charge in [0.15, 0.2) is 0 Å². The summed E-state index contributed by atoms with van der Waals surface area (Å²) in [6, 6.07) is 6.36. The van der Waals surface area contributed by atoms with Crippen LogP contribution < -0.4 is 4.74 Å². The van der Waals surface area contributed by atoms with Crippen molar-refractivity contribution in [3.8, 4) is 5.75 Å². The molecule has 1 aliphatic rings. The minimum Gasteiger partial charge on any atom is -0.493 e. The van der Waals surface area contributed by atoms with E-state index < -0.39 is 0 Å². The minimum atomic E-state index is 0.818. The van der Waals surface area contributed by atoms with E-state index in [1.54, 1.807) is 0 Å². The Morgan fingerprint density at radius 1 is 1.36 bits per heavy atom. The van der Waals surface area contributed by atoms with E-state index in [-0.39, 0.29) is 0 Å². The summed E-state index contributed by atoms with van der Waals surface area (Å²) in [5, 5.41) is 0. The highest BCUT2D eigenvalue weighted by Crippen LogP contribution is 2.24. The minimum absolute atomic E-state index is 0.818. The van der Waals surface area contributed by atoms with Crippen LogP contribution >= 0.6 is 0 Å². The molecular formula is C20H31NO. The third-order valence-electron chi connectivity index (χ3n) is 4.51. The maximum Gasteiger partial charge on any atom is 0.125 e. The SMILES string of the molecule is C=CCc1cccc(C)c1OCCCCN1CCC[C@@H](C)C1. The van der Waals surface area contributed by atoms with Crippen molar-refractivity contribution in [1.29, 1.82) is 0 Å². The van der Waals surface area contributed by atoms with Crippen LogP contribution in [-0.2, 0) is 6.42 Å². The lowest BCUT2D eigenvalue weighted by molar-refractivity contribution is 0.176. The maximum atomic E-state index is 6.06. The number of aryl methyl sites for hydroxylation is 1. The summed E-state index contributed by atoms with van der Waals surface area (Å²) in [6.07, 6.45) is 7.95. The third-order valence-corrected chi connectivity index (χ3v) is 4.51. The van der Waals surface area contributed by atoms with Crippen molar-refractivity contribution in [3.05, 3.63) is 42.0 Å². The van der Waals surface area contributed by atoms with Crippen molar-refractivity contribution in [2.24, 2.45) is 5.92 Å². The van der Waals surface area contributed by atoms with Gasteiger partial charge in [-0.15, -0.1) is 6.58 Å². The van der Waals surface area contributed by atoms with Gasteiger partial charge in [0.05, 0.1) is 6.61 Å². The molecule has 1 saturated heterocycles. The smallest absolute Gasteiger partial charge is 0.125 e. The first kappa shape index (κ1) is 17.1. The van der Waals surface area contributed by atoms with E-state index in [0.29, 0.717) is 0 Å². The summed E-state index contributed by atoms with van der Waals surface area (Å²) in [7, 11) is 0. The fourth-order valence-electron chi connectivity index (χ4n) is 3.34. The van der Waals surface area contributed by atoms with Crippen molar-refractivity contribution in [1.82, 2.24) is 4.90 Å². The molecule has 0 aliphatic carbocycles. The van der Waals surface area contributed by atoms with E-state index in [1.807, 2.05) is 6.08 Å². The fourth-order valence-corrected chi connectivity index (χ4v) is 3.34. The number of piperidine rings is 1. The van der Waals surface area contributed by atoms with Crippen LogP contribution in [0, 0.1) is 12.8 Å². The van der Waals surface area contributed by atoms with Crippen molar-refractivity contribution in [3.63, 3.8) is 0 Å². The zero-order valence-corrected chi connectivity index (χ0v) is 14.3. The number of allylic oxidation sites excluding steroid dienone is 1. The van der Waals surface area contributed by atoms with Crippen molar-refractivity contribution in [2.75, 3.05) is 26.2 Å². The molecule has 0 bridgehead atoms. The van der Waals surface area contributed by atoms with Crippen molar-refractivity contribution < 1.29 is 4.74 Å². The highest BCUT2D eigenvalue weighted by Gasteiger charge is 2.15. The highest BCUT2D eigenvalue weighted by atomic mass is 16.5. The standard InChI is InChI=1S/C20H31NO/c1-4-9-19-12-7-11-18(3)20(19)22-15-6-5-13-21-14-8-10-17(2)16-21/h4,7,11-12,17H,1,5-6,8-10,13-16H2,2-3H3/t17-/m1/s1. The lowest BCUT2D eigenvalue weighted by atomic mass is 10.0. The molecule has 1 aromatic carbocycles. The predicted molar refractivity (Wildman–Crippen MR) is 94.6 cm³/mol. The summed E-state index contributed by atoms with van der Waals surface area (Å²) in [5.41, 5.74) is 2.48. The molecule has 1 heterocycles.